The van der Waals surface area contributed by atoms with Gasteiger partial charge in [-0.15, -0.1) is 0 Å². The molecule has 0 saturated carbocycles. The highest BCUT2D eigenvalue weighted by molar-refractivity contribution is 5.75. The molecule has 0 bridgehead atoms. The Kier molecular flexibility index (Phi) is 1.62. The highest BCUT2D eigenvalue weighted by Gasteiger charge is 2.22. The first-order valence-corrected chi connectivity index (χ1v) is 4.30. The average molecular weight is 176 g/mol. The van der Waals surface area contributed by atoms with E-state index in [9.17, 15) is 0 Å². The molecule has 68 valence electrons. The fraction of sp³-hybridized carbons (Fsp3) is 0.400. The van der Waals surface area contributed by atoms with Gasteiger partial charge in [0.1, 0.15) is 11.2 Å². The van der Waals surface area contributed by atoms with Crippen LogP contribution in [0, 0.1) is 0 Å². The Labute approximate surface area is 76.8 Å². The number of fused-ring (bicyclic) bond motifs is 1. The van der Waals surface area contributed by atoms with Crippen molar-refractivity contribution in [3.63, 3.8) is 0 Å². The summed E-state index contributed by atoms with van der Waals surface area (Å²) in [7, 11) is 0. The molecule has 3 heteroatoms. The van der Waals surface area contributed by atoms with Crippen LogP contribution in [0.15, 0.2) is 22.9 Å². The number of aromatic nitrogens is 2. The lowest BCUT2D eigenvalue weighted by molar-refractivity contribution is 0.419. The van der Waals surface area contributed by atoms with Crippen LogP contribution in [0.25, 0.3) is 11.1 Å². The maximum atomic E-state index is 5.16. The largest absolute Gasteiger partial charge is 0.354 e. The third-order valence-electron chi connectivity index (χ3n) is 1.94. The molecule has 0 amide bonds. The van der Waals surface area contributed by atoms with Gasteiger partial charge in [-0.2, -0.15) is 0 Å². The molecule has 0 aromatic carbocycles. The quantitative estimate of drug-likeness (QED) is 0.619. The monoisotopic (exact) mass is 176 g/mol. The van der Waals surface area contributed by atoms with Gasteiger partial charge in [0.15, 0.2) is 5.58 Å². The van der Waals surface area contributed by atoms with Gasteiger partial charge in [0, 0.05) is 11.6 Å². The van der Waals surface area contributed by atoms with Crippen LogP contribution in [0.4, 0.5) is 0 Å². The summed E-state index contributed by atoms with van der Waals surface area (Å²) < 4.78 is 5.16. The summed E-state index contributed by atoms with van der Waals surface area (Å²) in [4.78, 5) is 4.25. The number of hydrogen-bond donors (Lipinski definition) is 0. The van der Waals surface area contributed by atoms with Crippen LogP contribution in [0.3, 0.4) is 0 Å². The van der Waals surface area contributed by atoms with Crippen molar-refractivity contribution >= 4 is 11.1 Å². The fourth-order valence-corrected chi connectivity index (χ4v) is 1.27. The van der Waals surface area contributed by atoms with E-state index in [4.69, 9.17) is 4.52 Å². The Balaban J connectivity index is 2.72. The molecule has 2 aromatic heterocycles. The van der Waals surface area contributed by atoms with E-state index in [0.29, 0.717) is 0 Å². The third-order valence-corrected chi connectivity index (χ3v) is 1.94. The predicted molar refractivity (Wildman–Crippen MR) is 50.5 cm³/mol. The minimum Gasteiger partial charge on any atom is -0.354 e. The zero-order chi connectivity index (χ0) is 9.47. The van der Waals surface area contributed by atoms with E-state index in [1.54, 1.807) is 6.20 Å². The summed E-state index contributed by atoms with van der Waals surface area (Å²) in [6, 6.07) is 3.73. The zero-order valence-corrected chi connectivity index (χ0v) is 8.03. The maximum Gasteiger partial charge on any atom is 0.185 e. The fourth-order valence-electron chi connectivity index (χ4n) is 1.27. The van der Waals surface area contributed by atoms with Crippen LogP contribution in [0.1, 0.15) is 26.5 Å². The summed E-state index contributed by atoms with van der Waals surface area (Å²) in [5.74, 6) is 0. The van der Waals surface area contributed by atoms with Crippen molar-refractivity contribution in [2.75, 3.05) is 0 Å². The van der Waals surface area contributed by atoms with E-state index in [-0.39, 0.29) is 5.41 Å². The van der Waals surface area contributed by atoms with E-state index >= 15 is 0 Å². The molecule has 2 rings (SSSR count). The van der Waals surface area contributed by atoms with Crippen molar-refractivity contribution in [2.45, 2.75) is 26.2 Å². The zero-order valence-electron chi connectivity index (χ0n) is 8.03. The van der Waals surface area contributed by atoms with E-state index in [1.165, 1.54) is 0 Å². The standard InChI is InChI=1S/C10H12N2O/c1-10(2,3)9-8-7(13-12-9)5-4-6-11-8/h4-6H,1-3H3. The summed E-state index contributed by atoms with van der Waals surface area (Å²) >= 11 is 0. The Morgan fingerprint density at radius 2 is 2.08 bits per heavy atom. The van der Waals surface area contributed by atoms with Crippen LogP contribution in [0.2, 0.25) is 0 Å². The molecule has 0 atom stereocenters. The molecule has 0 aliphatic heterocycles. The second-order valence-corrected chi connectivity index (χ2v) is 4.13. The lowest BCUT2D eigenvalue weighted by atomic mass is 9.91. The van der Waals surface area contributed by atoms with Gasteiger partial charge in [-0.1, -0.05) is 25.9 Å². The molecular formula is C10H12N2O. The minimum atomic E-state index is -0.0143. The lowest BCUT2D eigenvalue weighted by Gasteiger charge is -2.13. The average Bonchev–Trinajstić information content (AvgIpc) is 2.45. The molecule has 0 unspecified atom stereocenters. The Hall–Kier alpha value is -1.38. The van der Waals surface area contributed by atoms with Gasteiger partial charge in [-0.25, -0.2) is 0 Å². The lowest BCUT2D eigenvalue weighted by Crippen LogP contribution is -2.12. The van der Waals surface area contributed by atoms with Gasteiger partial charge in [-0.3, -0.25) is 4.98 Å². The van der Waals surface area contributed by atoms with Gasteiger partial charge >= 0.3 is 0 Å². The maximum absolute atomic E-state index is 5.16. The van der Waals surface area contributed by atoms with Crippen LogP contribution >= 0.6 is 0 Å². The number of nitrogens with zero attached hydrogens (tertiary/aromatic N) is 2. The van der Waals surface area contributed by atoms with E-state index in [2.05, 4.69) is 30.9 Å². The van der Waals surface area contributed by atoms with Gasteiger partial charge < -0.3 is 4.52 Å². The summed E-state index contributed by atoms with van der Waals surface area (Å²) in [6.07, 6.45) is 1.76. The molecule has 2 aromatic rings. The van der Waals surface area contributed by atoms with Gasteiger partial charge in [0.25, 0.3) is 0 Å². The molecule has 3 nitrogen and oxygen atoms in total. The normalized spacial score (nSPS) is 12.2. The SMILES string of the molecule is CC(C)(C)c1noc2cccnc12. The van der Waals surface area contributed by atoms with Crippen molar-refractivity contribution in [3.05, 3.63) is 24.0 Å². The van der Waals surface area contributed by atoms with E-state index in [1.807, 2.05) is 12.1 Å². The van der Waals surface area contributed by atoms with E-state index < -0.39 is 0 Å². The number of pyridine rings is 1. The minimum absolute atomic E-state index is 0.0143. The van der Waals surface area contributed by atoms with Crippen LogP contribution in [-0.2, 0) is 5.41 Å². The van der Waals surface area contributed by atoms with Gasteiger partial charge in [0.05, 0.1) is 0 Å². The highest BCUT2D eigenvalue weighted by Crippen LogP contribution is 2.26. The molecule has 0 radical (unpaired) electrons. The topological polar surface area (TPSA) is 38.9 Å². The predicted octanol–water partition coefficient (Wildman–Crippen LogP) is 2.52. The van der Waals surface area contributed by atoms with E-state index in [0.717, 1.165) is 16.8 Å². The smallest absolute Gasteiger partial charge is 0.185 e. The van der Waals surface area contributed by atoms with Gasteiger partial charge in [-0.05, 0) is 12.1 Å². The molecule has 0 N–H and O–H groups in total. The van der Waals surface area contributed by atoms with Crippen molar-refractivity contribution in [3.8, 4) is 0 Å². The molecular weight excluding hydrogens is 164 g/mol. The van der Waals surface area contributed by atoms with Crippen LogP contribution in [0.5, 0.6) is 0 Å². The van der Waals surface area contributed by atoms with Crippen LogP contribution < -0.4 is 0 Å². The highest BCUT2D eigenvalue weighted by atomic mass is 16.5. The first kappa shape index (κ1) is 8.23. The summed E-state index contributed by atoms with van der Waals surface area (Å²) in [6.45, 7) is 6.29. The Morgan fingerprint density at radius 3 is 2.77 bits per heavy atom. The first-order chi connectivity index (χ1) is 6.09. The second kappa shape index (κ2) is 2.55. The number of hydrogen-bond acceptors (Lipinski definition) is 3. The summed E-state index contributed by atoms with van der Waals surface area (Å²) in [5, 5.41) is 4.03. The van der Waals surface area contributed by atoms with Crippen molar-refractivity contribution < 1.29 is 4.52 Å². The second-order valence-electron chi connectivity index (χ2n) is 4.13. The third kappa shape index (κ3) is 1.30. The number of rotatable bonds is 0. The first-order valence-electron chi connectivity index (χ1n) is 4.30. The molecule has 0 spiro atoms. The Morgan fingerprint density at radius 1 is 1.31 bits per heavy atom. The van der Waals surface area contributed by atoms with Crippen molar-refractivity contribution in [1.82, 2.24) is 10.1 Å². The molecule has 0 fully saturated rings. The Bertz CT molecular complexity index is 426. The van der Waals surface area contributed by atoms with Gasteiger partial charge in [0.2, 0.25) is 0 Å². The summed E-state index contributed by atoms with van der Waals surface area (Å²) in [5.41, 5.74) is 2.53. The molecule has 0 saturated heterocycles. The van der Waals surface area contributed by atoms with Crippen LogP contribution in [-0.4, -0.2) is 10.1 Å². The van der Waals surface area contributed by atoms with Crippen molar-refractivity contribution in [2.24, 2.45) is 0 Å². The molecule has 2 heterocycles. The molecule has 0 aliphatic rings. The van der Waals surface area contributed by atoms with Crippen molar-refractivity contribution in [1.29, 1.82) is 0 Å². The molecule has 0 aliphatic carbocycles. The molecule has 13 heavy (non-hydrogen) atoms.